The third-order valence-electron chi connectivity index (χ3n) is 4.27. The minimum atomic E-state index is -4.26. The van der Waals surface area contributed by atoms with Crippen LogP contribution >= 0.6 is 0 Å². The summed E-state index contributed by atoms with van der Waals surface area (Å²) < 4.78 is 34.6. The third kappa shape index (κ3) is 9.17. The van der Waals surface area contributed by atoms with Crippen molar-refractivity contribution in [1.82, 2.24) is 10.1 Å². The second kappa shape index (κ2) is 9.96. The van der Waals surface area contributed by atoms with Crippen molar-refractivity contribution < 1.29 is 27.2 Å². The normalized spacial score (nSPS) is 16.6. The summed E-state index contributed by atoms with van der Waals surface area (Å²) in [5.41, 5.74) is -1.56. The lowest BCUT2D eigenvalue weighted by atomic mass is 9.96. The lowest BCUT2D eigenvalue weighted by molar-refractivity contribution is -0.243. The van der Waals surface area contributed by atoms with Crippen LogP contribution in [0, 0.1) is 0 Å². The van der Waals surface area contributed by atoms with Crippen LogP contribution in [0.1, 0.15) is 82.1 Å². The first kappa shape index (κ1) is 26.7. The Morgan fingerprint density at radius 3 is 1.19 bits per heavy atom. The third-order valence-corrected chi connectivity index (χ3v) is 5.40. The molecule has 0 N–H and O–H groups in total. The second-order valence-electron chi connectivity index (χ2n) is 9.09. The van der Waals surface area contributed by atoms with Gasteiger partial charge in [-0.05, 0) is 82.1 Å². The summed E-state index contributed by atoms with van der Waals surface area (Å²) in [6.45, 7) is 17.3. The van der Waals surface area contributed by atoms with E-state index in [0.29, 0.717) is 0 Å². The highest BCUT2D eigenvalue weighted by Gasteiger charge is 2.35. The molecular weight excluding hydrogens is 372 g/mol. The van der Waals surface area contributed by atoms with E-state index < -0.39 is 33.7 Å². The van der Waals surface area contributed by atoms with Crippen molar-refractivity contribution in [2.24, 2.45) is 0 Å². The monoisotopic (exact) mass is 410 g/mol. The molecule has 2 unspecified atom stereocenters. The minimum Gasteiger partial charge on any atom is -0.245 e. The van der Waals surface area contributed by atoms with Crippen molar-refractivity contribution in [2.75, 3.05) is 0 Å². The first-order valence-corrected chi connectivity index (χ1v) is 10.8. The van der Waals surface area contributed by atoms with E-state index in [-0.39, 0.29) is 24.9 Å². The van der Waals surface area contributed by atoms with Gasteiger partial charge in [-0.2, -0.15) is 8.42 Å². The van der Waals surface area contributed by atoms with E-state index in [0.717, 1.165) is 10.1 Å². The maximum atomic E-state index is 12.2. The lowest BCUT2D eigenvalue weighted by Gasteiger charge is -2.36. The molecule has 162 valence electrons. The molecule has 0 bridgehead atoms. The average Bonchev–Trinajstić information content (AvgIpc) is 2.41. The molecule has 0 aromatic rings. The van der Waals surface area contributed by atoms with Crippen LogP contribution in [-0.2, 0) is 29.2 Å². The number of hydrogen-bond acceptors (Lipinski definition) is 6. The van der Waals surface area contributed by atoms with Crippen LogP contribution in [0.4, 0.5) is 0 Å². The van der Waals surface area contributed by atoms with Crippen LogP contribution in [-0.4, -0.2) is 53.9 Å². The fourth-order valence-electron chi connectivity index (χ4n) is 3.48. The molecule has 0 rings (SSSR count). The molecule has 0 fully saturated rings. The zero-order chi connectivity index (χ0) is 21.8. The van der Waals surface area contributed by atoms with E-state index in [2.05, 4.69) is 0 Å². The molecular formula is C18H38N2O6S. The van der Waals surface area contributed by atoms with Crippen LogP contribution in [0.5, 0.6) is 0 Å². The zero-order valence-corrected chi connectivity index (χ0v) is 19.3. The molecule has 0 aliphatic carbocycles. The summed E-state index contributed by atoms with van der Waals surface area (Å²) >= 11 is 0. The van der Waals surface area contributed by atoms with E-state index in [1.165, 1.54) is 0 Å². The summed E-state index contributed by atoms with van der Waals surface area (Å²) in [5.74, 6) is 0. The van der Waals surface area contributed by atoms with Crippen molar-refractivity contribution in [2.45, 2.75) is 117 Å². The first-order valence-electron chi connectivity index (χ1n) is 9.45. The predicted molar refractivity (Wildman–Crippen MR) is 103 cm³/mol. The van der Waals surface area contributed by atoms with Crippen LogP contribution in [0.2, 0.25) is 0 Å². The largest absolute Gasteiger partial charge is 0.400 e. The minimum absolute atomic E-state index is 0.221. The quantitative estimate of drug-likeness (QED) is 0.457. The van der Waals surface area contributed by atoms with Crippen LogP contribution < -0.4 is 0 Å². The Morgan fingerprint density at radius 2 is 0.963 bits per heavy atom. The molecule has 0 aromatic heterocycles. The SMILES string of the molecule is CC(CC(C)(C)N([O])C(C)C)OS(=O)(=O)OC(C)CC(C)(C)N([O])C(C)C. The topological polar surface area (TPSA) is 98.9 Å². The van der Waals surface area contributed by atoms with Gasteiger partial charge in [0.1, 0.15) is 0 Å². The van der Waals surface area contributed by atoms with Crippen molar-refractivity contribution in [3.05, 3.63) is 0 Å². The van der Waals surface area contributed by atoms with Crippen LogP contribution in [0.3, 0.4) is 0 Å². The van der Waals surface area contributed by atoms with Crippen molar-refractivity contribution >= 4 is 10.4 Å². The average molecular weight is 411 g/mol. The van der Waals surface area contributed by atoms with Gasteiger partial charge in [0, 0.05) is 23.2 Å². The Hall–Kier alpha value is -0.290. The second-order valence-corrected chi connectivity index (χ2v) is 10.3. The smallest absolute Gasteiger partial charge is 0.245 e. The molecule has 0 saturated carbocycles. The molecule has 0 spiro atoms. The molecule has 8 nitrogen and oxygen atoms in total. The maximum absolute atomic E-state index is 12.2. The van der Waals surface area contributed by atoms with Gasteiger partial charge in [-0.15, -0.1) is 20.5 Å². The van der Waals surface area contributed by atoms with Crippen LogP contribution in [0.15, 0.2) is 0 Å². The van der Waals surface area contributed by atoms with E-state index in [9.17, 15) is 18.8 Å². The maximum Gasteiger partial charge on any atom is 0.400 e. The number of hydroxylamine groups is 4. The lowest BCUT2D eigenvalue weighted by Crippen LogP contribution is -2.47. The van der Waals surface area contributed by atoms with Crippen LogP contribution in [0.25, 0.3) is 0 Å². The van der Waals surface area contributed by atoms with Crippen molar-refractivity contribution in [3.8, 4) is 0 Å². The molecule has 0 amide bonds. The van der Waals surface area contributed by atoms with Gasteiger partial charge in [-0.25, -0.2) is 8.37 Å². The summed E-state index contributed by atoms with van der Waals surface area (Å²) in [4.78, 5) is 0. The van der Waals surface area contributed by atoms with Gasteiger partial charge in [0.2, 0.25) is 0 Å². The summed E-state index contributed by atoms with van der Waals surface area (Å²) in [6, 6.07) is -0.448. The summed E-state index contributed by atoms with van der Waals surface area (Å²) in [6.07, 6.45) is -1.02. The van der Waals surface area contributed by atoms with Gasteiger partial charge < -0.3 is 0 Å². The van der Waals surface area contributed by atoms with Gasteiger partial charge in [-0.3, -0.25) is 0 Å². The zero-order valence-electron chi connectivity index (χ0n) is 18.5. The molecule has 27 heavy (non-hydrogen) atoms. The Kier molecular flexibility index (Phi) is 9.85. The van der Waals surface area contributed by atoms with Crippen molar-refractivity contribution in [1.29, 1.82) is 0 Å². The Morgan fingerprint density at radius 1 is 0.704 bits per heavy atom. The van der Waals surface area contributed by atoms with E-state index in [1.807, 2.05) is 0 Å². The van der Waals surface area contributed by atoms with Gasteiger partial charge in [0.15, 0.2) is 0 Å². The molecule has 0 aliphatic rings. The van der Waals surface area contributed by atoms with E-state index in [4.69, 9.17) is 8.37 Å². The standard InChI is InChI=1S/C18H38N2O6S/c1-13(2)19(21)17(7,8)11-15(5)25-27(23,24)26-16(6)12-18(9,10)20(22)14(3)4/h13-16H,11-12H2,1-10H3. The Bertz CT molecular complexity index is 506. The highest BCUT2D eigenvalue weighted by atomic mass is 32.3. The Balaban J connectivity index is 4.85. The van der Waals surface area contributed by atoms with Gasteiger partial charge in [0.25, 0.3) is 0 Å². The molecule has 2 atom stereocenters. The highest BCUT2D eigenvalue weighted by Crippen LogP contribution is 2.26. The summed E-state index contributed by atoms with van der Waals surface area (Å²) in [5, 5.41) is 26.2. The molecule has 0 aliphatic heterocycles. The molecule has 0 saturated heterocycles. The first-order chi connectivity index (χ1) is 11.9. The number of rotatable bonds is 12. The molecule has 2 radical (unpaired) electrons. The fraction of sp³-hybridized carbons (Fsp3) is 1.00. The number of hydrogen-bond donors (Lipinski definition) is 0. The van der Waals surface area contributed by atoms with Gasteiger partial charge in [0.05, 0.1) is 12.2 Å². The molecule has 0 heterocycles. The van der Waals surface area contributed by atoms with Gasteiger partial charge >= 0.3 is 10.4 Å². The summed E-state index contributed by atoms with van der Waals surface area (Å²) in [7, 11) is -4.26. The van der Waals surface area contributed by atoms with Crippen molar-refractivity contribution in [3.63, 3.8) is 0 Å². The number of nitrogens with zero attached hydrogens (tertiary/aromatic N) is 2. The van der Waals surface area contributed by atoms with Gasteiger partial charge in [-0.1, -0.05) is 0 Å². The highest BCUT2D eigenvalue weighted by molar-refractivity contribution is 7.81. The van der Waals surface area contributed by atoms with E-state index in [1.54, 1.807) is 69.2 Å². The fourth-order valence-corrected chi connectivity index (χ4v) is 4.46. The Labute approximate surface area is 165 Å². The van der Waals surface area contributed by atoms with E-state index >= 15 is 0 Å². The molecule has 0 aromatic carbocycles. The molecule has 9 heteroatoms. The predicted octanol–water partition coefficient (Wildman–Crippen LogP) is 3.49.